The van der Waals surface area contributed by atoms with Crippen molar-refractivity contribution in [2.75, 3.05) is 19.6 Å². The molecule has 6 heteroatoms. The number of aliphatic hydroxyl groups excluding tert-OH is 1. The molecule has 2 amide bonds. The fourth-order valence-corrected chi connectivity index (χ4v) is 2.53. The lowest BCUT2D eigenvalue weighted by Crippen LogP contribution is -2.49. The van der Waals surface area contributed by atoms with E-state index in [1.807, 2.05) is 0 Å². The van der Waals surface area contributed by atoms with Gasteiger partial charge in [0.2, 0.25) is 0 Å². The molecule has 2 fully saturated rings. The molecule has 2 N–H and O–H groups in total. The third-order valence-corrected chi connectivity index (χ3v) is 3.44. The monoisotopic (exact) mass is 242 g/mol. The quantitative estimate of drug-likeness (QED) is 0.684. The minimum absolute atomic E-state index is 0.131. The highest BCUT2D eigenvalue weighted by atomic mass is 16.4. The zero-order chi connectivity index (χ0) is 12.4. The molecule has 2 heterocycles. The number of amides is 2. The van der Waals surface area contributed by atoms with Gasteiger partial charge in [0, 0.05) is 26.1 Å². The molecule has 0 bridgehead atoms. The number of likely N-dealkylation sites (tertiary alicyclic amines) is 2. The maximum atomic E-state index is 12.1. The number of nitrogens with zero attached hydrogens (tertiary/aromatic N) is 2. The smallest absolute Gasteiger partial charge is 0.326 e. The number of β-amino-alcohol motifs (C(OH)–C–C–N with tert-alkyl or cyclic N) is 1. The summed E-state index contributed by atoms with van der Waals surface area (Å²) in [5.74, 6) is -1.04. The number of aliphatic hydroxyl groups is 1. The lowest BCUT2D eigenvalue weighted by atomic mass is 10.1. The molecule has 2 rings (SSSR count). The van der Waals surface area contributed by atoms with Crippen LogP contribution < -0.4 is 0 Å². The summed E-state index contributed by atoms with van der Waals surface area (Å²) in [6, 6.07) is -1.12. The first-order valence-corrected chi connectivity index (χ1v) is 6.06. The molecule has 0 unspecified atom stereocenters. The summed E-state index contributed by atoms with van der Waals surface area (Å²) in [6.45, 7) is 1.52. The van der Waals surface area contributed by atoms with Gasteiger partial charge in [-0.05, 0) is 19.3 Å². The SMILES string of the molecule is O=C(O)[C@@H]1C[C@H](O)CN1C(=O)N1CCCCC1. The Morgan fingerprint density at radius 3 is 2.35 bits per heavy atom. The molecular formula is C11H18N2O4. The molecule has 0 aromatic carbocycles. The van der Waals surface area contributed by atoms with E-state index in [4.69, 9.17) is 5.11 Å². The van der Waals surface area contributed by atoms with Crippen LogP contribution in [0.25, 0.3) is 0 Å². The number of hydrogen-bond donors (Lipinski definition) is 2. The zero-order valence-electron chi connectivity index (χ0n) is 9.71. The number of carbonyl (C=O) groups excluding carboxylic acids is 1. The number of urea groups is 1. The van der Waals surface area contributed by atoms with E-state index < -0.39 is 18.1 Å². The number of carboxylic acid groups (broad SMARTS) is 1. The van der Waals surface area contributed by atoms with E-state index in [0.717, 1.165) is 19.3 Å². The van der Waals surface area contributed by atoms with Crippen LogP contribution >= 0.6 is 0 Å². The highest BCUT2D eigenvalue weighted by Crippen LogP contribution is 2.21. The van der Waals surface area contributed by atoms with Crippen molar-refractivity contribution >= 4 is 12.0 Å². The van der Waals surface area contributed by atoms with Gasteiger partial charge in [0.15, 0.2) is 0 Å². The van der Waals surface area contributed by atoms with Gasteiger partial charge in [0.1, 0.15) is 6.04 Å². The maximum absolute atomic E-state index is 12.1. The first-order chi connectivity index (χ1) is 8.09. The summed E-state index contributed by atoms with van der Waals surface area (Å²) < 4.78 is 0. The molecule has 2 saturated heterocycles. The van der Waals surface area contributed by atoms with E-state index >= 15 is 0 Å². The van der Waals surface area contributed by atoms with Crippen LogP contribution in [0.15, 0.2) is 0 Å². The van der Waals surface area contributed by atoms with Crippen molar-refractivity contribution in [1.82, 2.24) is 9.80 Å². The van der Waals surface area contributed by atoms with E-state index in [1.165, 1.54) is 4.90 Å². The molecule has 6 nitrogen and oxygen atoms in total. The van der Waals surface area contributed by atoms with E-state index in [2.05, 4.69) is 0 Å². The van der Waals surface area contributed by atoms with Gasteiger partial charge in [-0.25, -0.2) is 9.59 Å². The molecule has 17 heavy (non-hydrogen) atoms. The van der Waals surface area contributed by atoms with Gasteiger partial charge in [-0.2, -0.15) is 0 Å². The van der Waals surface area contributed by atoms with Crippen LogP contribution in [-0.2, 0) is 4.79 Å². The Labute approximate surface area is 99.8 Å². The maximum Gasteiger partial charge on any atom is 0.326 e. The number of aliphatic carboxylic acids is 1. The zero-order valence-corrected chi connectivity index (χ0v) is 9.71. The van der Waals surface area contributed by atoms with Crippen LogP contribution in [0.5, 0.6) is 0 Å². The van der Waals surface area contributed by atoms with Gasteiger partial charge in [-0.3, -0.25) is 0 Å². The molecule has 0 aliphatic carbocycles. The second kappa shape index (κ2) is 4.91. The Bertz CT molecular complexity index is 315. The summed E-state index contributed by atoms with van der Waals surface area (Å²) >= 11 is 0. The van der Waals surface area contributed by atoms with Gasteiger partial charge < -0.3 is 20.0 Å². The normalized spacial score (nSPS) is 29.5. The highest BCUT2D eigenvalue weighted by molar-refractivity contribution is 5.83. The number of rotatable bonds is 1. The molecular weight excluding hydrogens is 224 g/mol. The van der Waals surface area contributed by atoms with Crippen LogP contribution in [-0.4, -0.2) is 63.8 Å². The first-order valence-electron chi connectivity index (χ1n) is 6.06. The topological polar surface area (TPSA) is 81.1 Å². The molecule has 0 saturated carbocycles. The van der Waals surface area contributed by atoms with Crippen LogP contribution in [0.4, 0.5) is 4.79 Å². The fourth-order valence-electron chi connectivity index (χ4n) is 2.53. The van der Waals surface area contributed by atoms with Crippen LogP contribution in [0.2, 0.25) is 0 Å². The van der Waals surface area contributed by atoms with E-state index in [-0.39, 0.29) is 19.0 Å². The second-order valence-corrected chi connectivity index (χ2v) is 4.73. The lowest BCUT2D eigenvalue weighted by Gasteiger charge is -2.32. The van der Waals surface area contributed by atoms with Gasteiger partial charge >= 0.3 is 12.0 Å². The average Bonchev–Trinajstić information content (AvgIpc) is 2.72. The van der Waals surface area contributed by atoms with Gasteiger partial charge in [0.05, 0.1) is 6.10 Å². The molecule has 0 aromatic rings. The standard InChI is InChI=1S/C11H18N2O4/c14-8-6-9(10(15)16)13(7-8)11(17)12-4-2-1-3-5-12/h8-9,14H,1-7H2,(H,15,16)/t8-,9-/m0/s1. The first kappa shape index (κ1) is 12.2. The Morgan fingerprint density at radius 1 is 1.12 bits per heavy atom. The van der Waals surface area contributed by atoms with E-state index in [0.29, 0.717) is 13.1 Å². The summed E-state index contributed by atoms with van der Waals surface area (Å²) in [5.41, 5.74) is 0. The van der Waals surface area contributed by atoms with Crippen LogP contribution in [0.3, 0.4) is 0 Å². The van der Waals surface area contributed by atoms with E-state index in [9.17, 15) is 14.7 Å². The number of piperidine rings is 1. The Balaban J connectivity index is 2.04. The summed E-state index contributed by atoms with van der Waals surface area (Å²) in [4.78, 5) is 26.1. The van der Waals surface area contributed by atoms with Crippen molar-refractivity contribution in [1.29, 1.82) is 0 Å². The summed E-state index contributed by atoms with van der Waals surface area (Å²) in [6.07, 6.45) is 2.48. The van der Waals surface area contributed by atoms with Crippen molar-refractivity contribution in [3.05, 3.63) is 0 Å². The van der Waals surface area contributed by atoms with Crippen molar-refractivity contribution in [3.63, 3.8) is 0 Å². The van der Waals surface area contributed by atoms with Crippen molar-refractivity contribution in [3.8, 4) is 0 Å². The largest absolute Gasteiger partial charge is 0.480 e. The molecule has 2 atom stereocenters. The molecule has 2 aliphatic rings. The van der Waals surface area contributed by atoms with Crippen LogP contribution in [0.1, 0.15) is 25.7 Å². The lowest BCUT2D eigenvalue weighted by molar-refractivity contribution is -0.141. The summed E-state index contributed by atoms with van der Waals surface area (Å²) in [7, 11) is 0. The predicted molar refractivity (Wildman–Crippen MR) is 59.6 cm³/mol. The van der Waals surface area contributed by atoms with Crippen molar-refractivity contribution in [2.24, 2.45) is 0 Å². The molecule has 2 aliphatic heterocycles. The number of hydrogen-bond acceptors (Lipinski definition) is 3. The Kier molecular flexibility index (Phi) is 3.51. The highest BCUT2D eigenvalue weighted by Gasteiger charge is 2.40. The van der Waals surface area contributed by atoms with Gasteiger partial charge in [-0.15, -0.1) is 0 Å². The average molecular weight is 242 g/mol. The minimum Gasteiger partial charge on any atom is -0.480 e. The molecule has 0 spiro atoms. The third kappa shape index (κ3) is 2.52. The number of carbonyl (C=O) groups is 2. The number of carboxylic acids is 1. The molecule has 0 radical (unpaired) electrons. The van der Waals surface area contributed by atoms with E-state index in [1.54, 1.807) is 4.90 Å². The minimum atomic E-state index is -1.04. The van der Waals surface area contributed by atoms with Crippen LogP contribution in [0, 0.1) is 0 Å². The molecule has 0 aromatic heterocycles. The summed E-state index contributed by atoms with van der Waals surface area (Å²) in [5, 5.41) is 18.5. The Morgan fingerprint density at radius 2 is 1.76 bits per heavy atom. The predicted octanol–water partition coefficient (Wildman–Crippen LogP) is 0.112. The Hall–Kier alpha value is -1.30. The second-order valence-electron chi connectivity index (χ2n) is 4.73. The van der Waals surface area contributed by atoms with Gasteiger partial charge in [0.25, 0.3) is 0 Å². The van der Waals surface area contributed by atoms with Crippen molar-refractivity contribution in [2.45, 2.75) is 37.8 Å². The van der Waals surface area contributed by atoms with Crippen molar-refractivity contribution < 1.29 is 19.8 Å². The molecule has 96 valence electrons. The third-order valence-electron chi connectivity index (χ3n) is 3.44. The fraction of sp³-hybridized carbons (Fsp3) is 0.818. The van der Waals surface area contributed by atoms with Gasteiger partial charge in [-0.1, -0.05) is 0 Å².